The van der Waals surface area contributed by atoms with Crippen LogP contribution in [0.15, 0.2) is 23.0 Å². The molecular formula is C24H37N5O2S. The van der Waals surface area contributed by atoms with E-state index >= 15 is 0 Å². The number of hydrogen-bond donors (Lipinski definition) is 2. The number of hydrogen-bond acceptors (Lipinski definition) is 5. The maximum atomic E-state index is 12.9. The van der Waals surface area contributed by atoms with E-state index in [9.17, 15) is 4.79 Å². The summed E-state index contributed by atoms with van der Waals surface area (Å²) in [7, 11) is 4.14. The Bertz CT molecular complexity index is 969. The molecule has 32 heavy (non-hydrogen) atoms. The van der Waals surface area contributed by atoms with Gasteiger partial charge >= 0.3 is 0 Å². The fourth-order valence-electron chi connectivity index (χ4n) is 4.10. The monoisotopic (exact) mass is 459 g/mol. The van der Waals surface area contributed by atoms with Crippen molar-refractivity contribution in [2.24, 2.45) is 0 Å². The van der Waals surface area contributed by atoms with Crippen molar-refractivity contribution in [2.45, 2.75) is 26.8 Å². The van der Waals surface area contributed by atoms with E-state index in [1.165, 1.54) is 5.56 Å². The van der Waals surface area contributed by atoms with E-state index in [2.05, 4.69) is 58.2 Å². The first-order valence-corrected chi connectivity index (χ1v) is 11.8. The van der Waals surface area contributed by atoms with Crippen LogP contribution in [0.3, 0.4) is 0 Å². The second-order valence-electron chi connectivity index (χ2n) is 8.93. The van der Waals surface area contributed by atoms with Gasteiger partial charge in [-0.25, -0.2) is 0 Å². The van der Waals surface area contributed by atoms with Gasteiger partial charge in [-0.3, -0.25) is 9.69 Å². The smallest absolute Gasteiger partial charge is 0.253 e. The van der Waals surface area contributed by atoms with Gasteiger partial charge in [0.2, 0.25) is 0 Å². The molecule has 1 aliphatic heterocycles. The Morgan fingerprint density at radius 2 is 1.94 bits per heavy atom. The minimum atomic E-state index is -0.0452. The van der Waals surface area contributed by atoms with Gasteiger partial charge < -0.3 is 24.8 Å². The third-order valence-corrected chi connectivity index (χ3v) is 6.27. The molecule has 0 aliphatic carbocycles. The normalized spacial score (nSPS) is 14.8. The van der Waals surface area contributed by atoms with E-state index in [-0.39, 0.29) is 5.56 Å². The minimum Gasteiger partial charge on any atom is -0.379 e. The number of ether oxygens (including phenoxy) is 1. The van der Waals surface area contributed by atoms with Crippen LogP contribution in [0.2, 0.25) is 0 Å². The molecule has 3 rings (SSSR count). The van der Waals surface area contributed by atoms with Gasteiger partial charge in [0.05, 0.1) is 25.3 Å². The van der Waals surface area contributed by atoms with Crippen LogP contribution in [0.4, 0.5) is 0 Å². The van der Waals surface area contributed by atoms with Gasteiger partial charge in [0.1, 0.15) is 0 Å². The first-order valence-electron chi connectivity index (χ1n) is 11.4. The maximum Gasteiger partial charge on any atom is 0.253 e. The quantitative estimate of drug-likeness (QED) is 0.440. The van der Waals surface area contributed by atoms with Gasteiger partial charge in [0.15, 0.2) is 5.11 Å². The maximum absolute atomic E-state index is 12.9. The Morgan fingerprint density at radius 1 is 1.19 bits per heavy atom. The van der Waals surface area contributed by atoms with Gasteiger partial charge in [-0.15, -0.1) is 0 Å². The molecule has 0 unspecified atom stereocenters. The molecule has 0 spiro atoms. The molecule has 2 heterocycles. The number of fused-ring (bicyclic) bond motifs is 1. The molecule has 8 heteroatoms. The van der Waals surface area contributed by atoms with E-state index in [1.807, 2.05) is 13.0 Å². The molecule has 0 atom stereocenters. The lowest BCUT2D eigenvalue weighted by Gasteiger charge is -2.31. The van der Waals surface area contributed by atoms with Gasteiger partial charge in [-0.1, -0.05) is 11.6 Å². The first kappa shape index (κ1) is 24.6. The molecule has 1 aliphatic rings. The summed E-state index contributed by atoms with van der Waals surface area (Å²) in [6.07, 6.45) is 1.01. The summed E-state index contributed by atoms with van der Waals surface area (Å²) in [5.74, 6) is 0. The predicted molar refractivity (Wildman–Crippen MR) is 135 cm³/mol. The van der Waals surface area contributed by atoms with Crippen molar-refractivity contribution in [2.75, 3.05) is 66.6 Å². The average molecular weight is 460 g/mol. The Hall–Kier alpha value is -2.00. The molecule has 1 saturated heterocycles. The minimum absolute atomic E-state index is 0.0452. The van der Waals surface area contributed by atoms with E-state index in [4.69, 9.17) is 17.0 Å². The fourth-order valence-corrected chi connectivity index (χ4v) is 4.35. The summed E-state index contributed by atoms with van der Waals surface area (Å²) in [6.45, 7) is 11.5. The first-order chi connectivity index (χ1) is 15.3. The van der Waals surface area contributed by atoms with E-state index in [0.717, 1.165) is 80.9 Å². The predicted octanol–water partition coefficient (Wildman–Crippen LogP) is 2.11. The second kappa shape index (κ2) is 11.7. The Morgan fingerprint density at radius 3 is 2.66 bits per heavy atom. The lowest BCUT2D eigenvalue weighted by atomic mass is 10.1. The van der Waals surface area contributed by atoms with Crippen molar-refractivity contribution in [1.29, 1.82) is 0 Å². The molecular weight excluding hydrogens is 422 g/mol. The van der Waals surface area contributed by atoms with Gasteiger partial charge in [-0.05, 0) is 76.2 Å². The van der Waals surface area contributed by atoms with E-state index in [1.54, 1.807) is 0 Å². The fraction of sp³-hybridized carbons (Fsp3) is 0.583. The van der Waals surface area contributed by atoms with Crippen LogP contribution in [0.5, 0.6) is 0 Å². The van der Waals surface area contributed by atoms with Crippen molar-refractivity contribution in [3.05, 3.63) is 45.2 Å². The molecule has 0 bridgehead atoms. The van der Waals surface area contributed by atoms with Gasteiger partial charge in [0, 0.05) is 38.3 Å². The molecule has 0 saturated carbocycles. The van der Waals surface area contributed by atoms with Crippen molar-refractivity contribution < 1.29 is 4.74 Å². The van der Waals surface area contributed by atoms with Crippen molar-refractivity contribution in [3.63, 3.8) is 0 Å². The Kier molecular flexibility index (Phi) is 9.04. The standard InChI is InChI=1S/C24H37N5O2S/c1-18-14-19(2)22-20(15-18)16-21(23(30)26-22)17-29(9-8-28-10-12-31-13-11-28)24(32)25-6-5-7-27(3)4/h14-16H,5-13,17H2,1-4H3,(H,25,32)(H,26,30). The number of pyridine rings is 1. The molecule has 1 aromatic carbocycles. The SMILES string of the molecule is Cc1cc(C)c2[nH]c(=O)c(CN(CCN3CCOCC3)C(=S)NCCCN(C)C)cc2c1. The molecule has 2 aromatic rings. The number of morpholine rings is 1. The highest BCUT2D eigenvalue weighted by atomic mass is 32.1. The number of H-pyrrole nitrogens is 1. The third kappa shape index (κ3) is 7.00. The zero-order valence-corrected chi connectivity index (χ0v) is 20.7. The number of aromatic nitrogens is 1. The topological polar surface area (TPSA) is 63.8 Å². The highest BCUT2D eigenvalue weighted by Crippen LogP contribution is 2.18. The zero-order valence-electron chi connectivity index (χ0n) is 19.9. The summed E-state index contributed by atoms with van der Waals surface area (Å²) in [5.41, 5.74) is 3.88. The number of nitrogens with one attached hydrogen (secondary N) is 2. The summed E-state index contributed by atoms with van der Waals surface area (Å²) in [5, 5.41) is 5.17. The largest absolute Gasteiger partial charge is 0.379 e. The van der Waals surface area contributed by atoms with Crippen molar-refractivity contribution in [1.82, 2.24) is 25.0 Å². The zero-order chi connectivity index (χ0) is 23.1. The number of benzene rings is 1. The van der Waals surface area contributed by atoms with Gasteiger partial charge in [-0.2, -0.15) is 0 Å². The summed E-state index contributed by atoms with van der Waals surface area (Å²) >= 11 is 5.75. The molecule has 176 valence electrons. The Labute approximate surface area is 196 Å². The highest BCUT2D eigenvalue weighted by Gasteiger charge is 2.17. The number of aryl methyl sites for hydroxylation is 2. The van der Waals surface area contributed by atoms with Crippen LogP contribution >= 0.6 is 12.2 Å². The average Bonchev–Trinajstić information content (AvgIpc) is 2.75. The van der Waals surface area contributed by atoms with Crippen LogP contribution in [-0.2, 0) is 11.3 Å². The summed E-state index contributed by atoms with van der Waals surface area (Å²) in [6, 6.07) is 6.24. The molecule has 1 fully saturated rings. The molecule has 0 amide bonds. The summed E-state index contributed by atoms with van der Waals surface area (Å²) < 4.78 is 5.47. The number of rotatable bonds is 9. The van der Waals surface area contributed by atoms with Crippen LogP contribution in [-0.4, -0.2) is 91.4 Å². The van der Waals surface area contributed by atoms with E-state index < -0.39 is 0 Å². The van der Waals surface area contributed by atoms with Crippen LogP contribution in [0.25, 0.3) is 10.9 Å². The molecule has 1 aromatic heterocycles. The van der Waals surface area contributed by atoms with E-state index in [0.29, 0.717) is 11.7 Å². The number of thiocarbonyl (C=S) groups is 1. The van der Waals surface area contributed by atoms with Crippen LogP contribution in [0.1, 0.15) is 23.1 Å². The lowest BCUT2D eigenvalue weighted by Crippen LogP contribution is -2.46. The number of nitrogens with zero attached hydrogens (tertiary/aromatic N) is 3. The molecule has 2 N–H and O–H groups in total. The molecule has 7 nitrogen and oxygen atoms in total. The summed E-state index contributed by atoms with van der Waals surface area (Å²) in [4.78, 5) is 22.7. The third-order valence-electron chi connectivity index (χ3n) is 5.87. The van der Waals surface area contributed by atoms with Crippen LogP contribution in [0, 0.1) is 13.8 Å². The van der Waals surface area contributed by atoms with Gasteiger partial charge in [0.25, 0.3) is 5.56 Å². The van der Waals surface area contributed by atoms with Crippen molar-refractivity contribution in [3.8, 4) is 0 Å². The highest BCUT2D eigenvalue weighted by molar-refractivity contribution is 7.80. The van der Waals surface area contributed by atoms with Crippen molar-refractivity contribution >= 4 is 28.2 Å². The van der Waals surface area contributed by atoms with Crippen LogP contribution < -0.4 is 10.9 Å². The number of aromatic amines is 1. The Balaban J connectivity index is 1.75. The molecule has 0 radical (unpaired) electrons. The lowest BCUT2D eigenvalue weighted by molar-refractivity contribution is 0.0357. The second-order valence-corrected chi connectivity index (χ2v) is 9.32.